The standard InChI is InChI=1S/C18H25N3O3/c1-24-11-15(13-6-3-2-4-7-13)20-17(23)21-10-14-8-5-9-18(14,12-21)16(19)22/h2-4,6-7,14-15H,5,8-12H2,1H3,(H2,19,22)(H,20,23)/t14-,15?,18-/m0/s1. The van der Waals surface area contributed by atoms with Gasteiger partial charge in [-0.25, -0.2) is 4.79 Å². The van der Waals surface area contributed by atoms with Crippen LogP contribution in [0.5, 0.6) is 0 Å². The van der Waals surface area contributed by atoms with Crippen LogP contribution < -0.4 is 11.1 Å². The summed E-state index contributed by atoms with van der Waals surface area (Å²) < 4.78 is 5.25. The number of urea groups is 1. The van der Waals surface area contributed by atoms with E-state index in [1.165, 1.54) is 0 Å². The Bertz CT molecular complexity index is 607. The zero-order valence-corrected chi connectivity index (χ0v) is 14.0. The van der Waals surface area contributed by atoms with Crippen LogP contribution in [0.3, 0.4) is 0 Å². The number of primary amides is 1. The molecule has 0 spiro atoms. The van der Waals surface area contributed by atoms with E-state index in [2.05, 4.69) is 5.32 Å². The highest BCUT2D eigenvalue weighted by Gasteiger charge is 2.54. The van der Waals surface area contributed by atoms with E-state index >= 15 is 0 Å². The van der Waals surface area contributed by atoms with E-state index < -0.39 is 5.41 Å². The lowest BCUT2D eigenvalue weighted by molar-refractivity contribution is -0.128. The van der Waals surface area contributed by atoms with Crippen LogP contribution >= 0.6 is 0 Å². The molecule has 3 rings (SSSR count). The number of methoxy groups -OCH3 is 1. The quantitative estimate of drug-likeness (QED) is 0.861. The largest absolute Gasteiger partial charge is 0.382 e. The summed E-state index contributed by atoms with van der Waals surface area (Å²) in [7, 11) is 1.62. The maximum atomic E-state index is 12.7. The number of carbonyl (C=O) groups is 2. The Balaban J connectivity index is 1.69. The molecule has 1 saturated carbocycles. The molecule has 1 saturated heterocycles. The van der Waals surface area contributed by atoms with Crippen LogP contribution in [-0.2, 0) is 9.53 Å². The summed E-state index contributed by atoms with van der Waals surface area (Å²) in [6.07, 6.45) is 2.77. The Labute approximate surface area is 142 Å². The number of hydrogen-bond acceptors (Lipinski definition) is 3. The van der Waals surface area contributed by atoms with Gasteiger partial charge in [-0.3, -0.25) is 4.79 Å². The summed E-state index contributed by atoms with van der Waals surface area (Å²) in [5.41, 5.74) is 6.13. The fraction of sp³-hybridized carbons (Fsp3) is 0.556. The molecule has 3 N–H and O–H groups in total. The second-order valence-corrected chi connectivity index (χ2v) is 6.86. The number of benzene rings is 1. The minimum absolute atomic E-state index is 0.157. The molecule has 6 nitrogen and oxygen atoms in total. The van der Waals surface area contributed by atoms with Crippen molar-refractivity contribution in [1.82, 2.24) is 10.2 Å². The number of amides is 3. The van der Waals surface area contributed by atoms with Gasteiger partial charge in [0.05, 0.1) is 18.1 Å². The topological polar surface area (TPSA) is 84.7 Å². The van der Waals surface area contributed by atoms with E-state index in [4.69, 9.17) is 10.5 Å². The molecule has 0 bridgehead atoms. The van der Waals surface area contributed by atoms with Gasteiger partial charge in [0.15, 0.2) is 0 Å². The summed E-state index contributed by atoms with van der Waals surface area (Å²) in [6, 6.07) is 9.37. The van der Waals surface area contributed by atoms with E-state index in [9.17, 15) is 9.59 Å². The van der Waals surface area contributed by atoms with Gasteiger partial charge in [0.25, 0.3) is 0 Å². The Kier molecular flexibility index (Phi) is 4.76. The number of rotatable bonds is 5. The van der Waals surface area contributed by atoms with Crippen molar-refractivity contribution < 1.29 is 14.3 Å². The van der Waals surface area contributed by atoms with Gasteiger partial charge in [-0.05, 0) is 24.3 Å². The molecule has 2 aliphatic rings. The molecule has 2 fully saturated rings. The molecule has 1 aliphatic carbocycles. The lowest BCUT2D eigenvalue weighted by Gasteiger charge is -2.26. The highest BCUT2D eigenvalue weighted by molar-refractivity contribution is 5.84. The SMILES string of the molecule is COCC(NC(=O)N1C[C@@H]2CCC[C@]2(C(N)=O)C1)c1ccccc1. The molecular weight excluding hydrogens is 306 g/mol. The fourth-order valence-corrected chi connectivity index (χ4v) is 4.16. The number of likely N-dealkylation sites (tertiary alicyclic amines) is 1. The van der Waals surface area contributed by atoms with Gasteiger partial charge >= 0.3 is 6.03 Å². The number of fused-ring (bicyclic) bond motifs is 1. The van der Waals surface area contributed by atoms with E-state index in [0.29, 0.717) is 19.7 Å². The van der Waals surface area contributed by atoms with E-state index in [-0.39, 0.29) is 23.9 Å². The lowest BCUT2D eigenvalue weighted by Crippen LogP contribution is -2.45. The zero-order valence-electron chi connectivity index (χ0n) is 14.0. The van der Waals surface area contributed by atoms with Gasteiger partial charge in [0.1, 0.15) is 0 Å². The molecule has 1 unspecified atom stereocenters. The van der Waals surface area contributed by atoms with Crippen molar-refractivity contribution in [2.45, 2.75) is 25.3 Å². The van der Waals surface area contributed by atoms with Crippen molar-refractivity contribution in [3.63, 3.8) is 0 Å². The normalized spacial score (nSPS) is 26.9. The molecule has 0 aromatic heterocycles. The summed E-state index contributed by atoms with van der Waals surface area (Å²) in [5, 5.41) is 3.03. The first-order valence-electron chi connectivity index (χ1n) is 8.46. The molecule has 1 heterocycles. The predicted octanol–water partition coefficient (Wildman–Crippen LogP) is 1.67. The number of nitrogens with zero attached hydrogens (tertiary/aromatic N) is 1. The van der Waals surface area contributed by atoms with E-state index in [1.54, 1.807) is 12.0 Å². The summed E-state index contributed by atoms with van der Waals surface area (Å²) in [4.78, 5) is 26.4. The minimum Gasteiger partial charge on any atom is -0.382 e. The maximum Gasteiger partial charge on any atom is 0.318 e. The number of nitrogens with two attached hydrogens (primary N) is 1. The van der Waals surface area contributed by atoms with Gasteiger partial charge in [-0.15, -0.1) is 0 Å². The van der Waals surface area contributed by atoms with Crippen LogP contribution in [0.2, 0.25) is 0 Å². The lowest BCUT2D eigenvalue weighted by atomic mass is 9.80. The third-order valence-corrected chi connectivity index (χ3v) is 5.48. The predicted molar refractivity (Wildman–Crippen MR) is 90.1 cm³/mol. The highest BCUT2D eigenvalue weighted by atomic mass is 16.5. The van der Waals surface area contributed by atoms with Crippen LogP contribution in [0, 0.1) is 11.3 Å². The molecular formula is C18H25N3O3. The second kappa shape index (κ2) is 6.81. The Hall–Kier alpha value is -2.08. The maximum absolute atomic E-state index is 12.7. The first-order chi connectivity index (χ1) is 11.6. The molecule has 1 aliphatic heterocycles. The first-order valence-corrected chi connectivity index (χ1v) is 8.46. The number of nitrogens with one attached hydrogen (secondary N) is 1. The van der Waals surface area contributed by atoms with Crippen molar-refractivity contribution in [2.75, 3.05) is 26.8 Å². The van der Waals surface area contributed by atoms with Crippen molar-refractivity contribution in [1.29, 1.82) is 0 Å². The summed E-state index contributed by atoms with van der Waals surface area (Å²) in [6.45, 7) is 1.42. The van der Waals surface area contributed by atoms with Gasteiger partial charge < -0.3 is 20.7 Å². The minimum atomic E-state index is -0.527. The number of carbonyl (C=O) groups excluding carboxylic acids is 2. The Morgan fingerprint density at radius 2 is 2.17 bits per heavy atom. The second-order valence-electron chi connectivity index (χ2n) is 6.86. The molecule has 130 valence electrons. The van der Waals surface area contributed by atoms with Crippen LogP contribution in [-0.4, -0.2) is 43.6 Å². The number of ether oxygens (including phenoxy) is 1. The molecule has 6 heteroatoms. The first kappa shape index (κ1) is 16.8. The molecule has 1 aromatic rings. The van der Waals surface area contributed by atoms with Crippen molar-refractivity contribution in [3.8, 4) is 0 Å². The van der Waals surface area contributed by atoms with Gasteiger partial charge in [0.2, 0.25) is 5.91 Å². The average molecular weight is 331 g/mol. The zero-order chi connectivity index (χ0) is 17.2. The molecule has 1 aromatic carbocycles. The van der Waals surface area contributed by atoms with Crippen molar-refractivity contribution in [3.05, 3.63) is 35.9 Å². The fourth-order valence-electron chi connectivity index (χ4n) is 4.16. The van der Waals surface area contributed by atoms with Gasteiger partial charge in [0, 0.05) is 20.2 Å². The monoisotopic (exact) mass is 331 g/mol. The third kappa shape index (κ3) is 2.98. The van der Waals surface area contributed by atoms with Gasteiger partial charge in [-0.1, -0.05) is 36.8 Å². The molecule has 24 heavy (non-hydrogen) atoms. The molecule has 0 radical (unpaired) electrons. The number of hydrogen-bond donors (Lipinski definition) is 2. The molecule has 3 atom stereocenters. The van der Waals surface area contributed by atoms with Crippen molar-refractivity contribution >= 4 is 11.9 Å². The smallest absolute Gasteiger partial charge is 0.318 e. The van der Waals surface area contributed by atoms with Crippen LogP contribution in [0.15, 0.2) is 30.3 Å². The third-order valence-electron chi connectivity index (χ3n) is 5.48. The van der Waals surface area contributed by atoms with E-state index in [0.717, 1.165) is 24.8 Å². The van der Waals surface area contributed by atoms with Crippen LogP contribution in [0.4, 0.5) is 4.79 Å². The average Bonchev–Trinajstić information content (AvgIpc) is 3.13. The summed E-state index contributed by atoms with van der Waals surface area (Å²) >= 11 is 0. The highest BCUT2D eigenvalue weighted by Crippen LogP contribution is 2.48. The Morgan fingerprint density at radius 1 is 1.42 bits per heavy atom. The van der Waals surface area contributed by atoms with Gasteiger partial charge in [-0.2, -0.15) is 0 Å². The van der Waals surface area contributed by atoms with E-state index in [1.807, 2.05) is 30.3 Å². The summed E-state index contributed by atoms with van der Waals surface area (Å²) in [5.74, 6) is -0.0739. The Morgan fingerprint density at radius 3 is 2.79 bits per heavy atom. The molecule has 3 amide bonds. The van der Waals surface area contributed by atoms with Crippen LogP contribution in [0.1, 0.15) is 30.9 Å². The van der Waals surface area contributed by atoms with Crippen molar-refractivity contribution in [2.24, 2.45) is 17.1 Å². The van der Waals surface area contributed by atoms with Crippen LogP contribution in [0.25, 0.3) is 0 Å².